The van der Waals surface area contributed by atoms with E-state index in [0.717, 1.165) is 0 Å². The van der Waals surface area contributed by atoms with Gasteiger partial charge in [0.05, 0.1) is 0 Å². The highest BCUT2D eigenvalue weighted by Gasteiger charge is 2.01. The second-order valence-electron chi connectivity index (χ2n) is 2.31. The molecular formula is C7H5ClN4O. The van der Waals surface area contributed by atoms with Gasteiger partial charge in [-0.25, -0.2) is 4.98 Å². The molecule has 0 radical (unpaired) electrons. The molecule has 2 aromatic heterocycles. The Bertz CT molecular complexity index is 428. The molecule has 0 aliphatic heterocycles. The lowest BCUT2D eigenvalue weighted by Crippen LogP contribution is -1.97. The Morgan fingerprint density at radius 2 is 2.23 bits per heavy atom. The van der Waals surface area contributed by atoms with Crippen molar-refractivity contribution in [2.75, 3.05) is 0 Å². The third-order valence-corrected chi connectivity index (χ3v) is 1.63. The Labute approximate surface area is 78.6 Å². The molecule has 0 fully saturated rings. The number of pyridine rings is 1. The molecule has 0 spiro atoms. The van der Waals surface area contributed by atoms with Crippen LogP contribution in [0.2, 0.25) is 5.15 Å². The maximum Gasteiger partial charge on any atom is 0.333 e. The zero-order chi connectivity index (χ0) is 9.26. The number of aromatic hydroxyl groups is 1. The first kappa shape index (κ1) is 8.00. The summed E-state index contributed by atoms with van der Waals surface area (Å²) < 4.78 is 1.33. The zero-order valence-electron chi connectivity index (χ0n) is 6.42. The minimum absolute atomic E-state index is 0.290. The maximum absolute atomic E-state index is 8.88. The molecule has 0 amide bonds. The molecule has 13 heavy (non-hydrogen) atoms. The van der Waals surface area contributed by atoms with E-state index in [1.165, 1.54) is 11.0 Å². The number of nitrogens with zero attached hydrogens (tertiary/aromatic N) is 4. The van der Waals surface area contributed by atoms with Crippen LogP contribution >= 0.6 is 11.6 Å². The fourth-order valence-corrected chi connectivity index (χ4v) is 1.05. The average Bonchev–Trinajstić information content (AvgIpc) is 2.52. The maximum atomic E-state index is 8.88. The first-order valence-corrected chi connectivity index (χ1v) is 3.87. The van der Waals surface area contributed by atoms with Crippen LogP contribution in [0, 0.1) is 0 Å². The predicted octanol–water partition coefficient (Wildman–Crippen LogP) is 1.02. The zero-order valence-corrected chi connectivity index (χ0v) is 7.18. The van der Waals surface area contributed by atoms with Crippen LogP contribution in [0.15, 0.2) is 24.5 Å². The van der Waals surface area contributed by atoms with Crippen LogP contribution in [-0.4, -0.2) is 24.9 Å². The molecule has 2 rings (SSSR count). The topological polar surface area (TPSA) is 63.8 Å². The summed E-state index contributed by atoms with van der Waals surface area (Å²) in [4.78, 5) is 7.52. The molecule has 2 heterocycles. The lowest BCUT2D eigenvalue weighted by molar-refractivity contribution is 0.430. The van der Waals surface area contributed by atoms with E-state index < -0.39 is 0 Å². The summed E-state index contributed by atoms with van der Waals surface area (Å²) in [5.41, 5.74) is 0. The lowest BCUT2D eigenvalue weighted by atomic mass is 10.5. The average molecular weight is 197 g/mol. The fraction of sp³-hybridized carbons (Fsp3) is 0. The van der Waals surface area contributed by atoms with Crippen molar-refractivity contribution in [3.63, 3.8) is 0 Å². The first-order valence-electron chi connectivity index (χ1n) is 3.49. The van der Waals surface area contributed by atoms with Crippen molar-refractivity contribution < 1.29 is 5.11 Å². The fourth-order valence-electron chi connectivity index (χ4n) is 0.890. The van der Waals surface area contributed by atoms with Crippen LogP contribution in [0.4, 0.5) is 0 Å². The molecule has 1 N–H and O–H groups in total. The van der Waals surface area contributed by atoms with E-state index in [4.69, 9.17) is 16.7 Å². The smallest absolute Gasteiger partial charge is 0.333 e. The standard InChI is InChI=1S/C7H5ClN4O/c8-5-2-1-3-6(10-5)12-4-9-7(13)11-12/h1-4H,(H,11,13). The van der Waals surface area contributed by atoms with Crippen LogP contribution in [0.1, 0.15) is 0 Å². The van der Waals surface area contributed by atoms with Gasteiger partial charge in [-0.2, -0.15) is 9.67 Å². The van der Waals surface area contributed by atoms with Crippen molar-refractivity contribution >= 4 is 11.6 Å². The Hall–Kier alpha value is -1.62. The second kappa shape index (κ2) is 3.02. The largest absolute Gasteiger partial charge is 0.478 e. The summed E-state index contributed by atoms with van der Waals surface area (Å²) in [6.07, 6.45) is 1.36. The van der Waals surface area contributed by atoms with Gasteiger partial charge in [-0.05, 0) is 12.1 Å². The molecule has 0 saturated carbocycles. The summed E-state index contributed by atoms with van der Waals surface area (Å²) in [7, 11) is 0. The summed E-state index contributed by atoms with van der Waals surface area (Å²) in [5, 5.41) is 12.9. The van der Waals surface area contributed by atoms with Crippen LogP contribution in [0.5, 0.6) is 6.01 Å². The van der Waals surface area contributed by atoms with E-state index in [9.17, 15) is 0 Å². The van der Waals surface area contributed by atoms with Crippen molar-refractivity contribution in [1.82, 2.24) is 19.7 Å². The van der Waals surface area contributed by atoms with E-state index in [1.807, 2.05) is 0 Å². The molecule has 0 atom stereocenters. The molecular weight excluding hydrogens is 192 g/mol. The number of hydrogen-bond acceptors (Lipinski definition) is 4. The van der Waals surface area contributed by atoms with E-state index >= 15 is 0 Å². The van der Waals surface area contributed by atoms with Crippen molar-refractivity contribution in [1.29, 1.82) is 0 Å². The molecule has 66 valence electrons. The quantitative estimate of drug-likeness (QED) is 0.692. The van der Waals surface area contributed by atoms with Crippen molar-refractivity contribution in [3.05, 3.63) is 29.7 Å². The molecule has 0 aliphatic carbocycles. The van der Waals surface area contributed by atoms with Gasteiger partial charge in [-0.1, -0.05) is 17.7 Å². The molecule has 0 aromatic carbocycles. The van der Waals surface area contributed by atoms with Crippen LogP contribution < -0.4 is 0 Å². The molecule has 0 aliphatic rings. The second-order valence-corrected chi connectivity index (χ2v) is 2.69. The Balaban J connectivity index is 2.46. The molecule has 5 nitrogen and oxygen atoms in total. The first-order chi connectivity index (χ1) is 6.25. The number of aromatic nitrogens is 4. The van der Waals surface area contributed by atoms with Gasteiger partial charge in [0.2, 0.25) is 0 Å². The predicted molar refractivity (Wildman–Crippen MR) is 45.8 cm³/mol. The highest BCUT2D eigenvalue weighted by Crippen LogP contribution is 2.09. The van der Waals surface area contributed by atoms with Gasteiger partial charge >= 0.3 is 6.01 Å². The monoisotopic (exact) mass is 196 g/mol. The van der Waals surface area contributed by atoms with Crippen molar-refractivity contribution in [2.24, 2.45) is 0 Å². The van der Waals surface area contributed by atoms with Crippen LogP contribution in [0.25, 0.3) is 5.82 Å². The number of hydrogen-bond donors (Lipinski definition) is 1. The Morgan fingerprint density at radius 1 is 1.38 bits per heavy atom. The Morgan fingerprint density at radius 3 is 2.85 bits per heavy atom. The molecule has 0 bridgehead atoms. The van der Waals surface area contributed by atoms with Gasteiger partial charge < -0.3 is 5.11 Å². The minimum atomic E-state index is -0.290. The van der Waals surface area contributed by atoms with Gasteiger partial charge in [-0.15, -0.1) is 5.10 Å². The molecule has 0 saturated heterocycles. The number of halogens is 1. The normalized spacial score (nSPS) is 10.2. The van der Waals surface area contributed by atoms with E-state index in [0.29, 0.717) is 11.0 Å². The van der Waals surface area contributed by atoms with E-state index in [1.54, 1.807) is 18.2 Å². The van der Waals surface area contributed by atoms with E-state index in [2.05, 4.69) is 15.1 Å². The van der Waals surface area contributed by atoms with Crippen LogP contribution in [0.3, 0.4) is 0 Å². The number of rotatable bonds is 1. The highest BCUT2D eigenvalue weighted by atomic mass is 35.5. The van der Waals surface area contributed by atoms with Crippen molar-refractivity contribution in [3.8, 4) is 11.8 Å². The third kappa shape index (κ3) is 1.59. The van der Waals surface area contributed by atoms with Crippen LogP contribution in [-0.2, 0) is 0 Å². The lowest BCUT2D eigenvalue weighted by Gasteiger charge is -1.97. The minimum Gasteiger partial charge on any atom is -0.478 e. The van der Waals surface area contributed by atoms with Gasteiger partial charge in [0, 0.05) is 0 Å². The molecule has 2 aromatic rings. The molecule has 0 unspecified atom stereocenters. The Kier molecular flexibility index (Phi) is 1.86. The van der Waals surface area contributed by atoms with E-state index in [-0.39, 0.29) is 6.01 Å². The summed E-state index contributed by atoms with van der Waals surface area (Å²) in [6, 6.07) is 4.81. The van der Waals surface area contributed by atoms with Crippen molar-refractivity contribution in [2.45, 2.75) is 0 Å². The SMILES string of the molecule is Oc1ncn(-c2cccc(Cl)n2)n1. The third-order valence-electron chi connectivity index (χ3n) is 1.41. The van der Waals surface area contributed by atoms with Gasteiger partial charge in [0.15, 0.2) is 5.82 Å². The van der Waals surface area contributed by atoms with Gasteiger partial charge in [0.25, 0.3) is 0 Å². The van der Waals surface area contributed by atoms with Gasteiger partial charge in [0.1, 0.15) is 11.5 Å². The van der Waals surface area contributed by atoms with Gasteiger partial charge in [-0.3, -0.25) is 0 Å². The summed E-state index contributed by atoms with van der Waals surface area (Å²) in [5.74, 6) is 0.514. The summed E-state index contributed by atoms with van der Waals surface area (Å²) >= 11 is 5.67. The molecule has 6 heteroatoms. The highest BCUT2D eigenvalue weighted by molar-refractivity contribution is 6.29. The summed E-state index contributed by atoms with van der Waals surface area (Å²) in [6.45, 7) is 0.